The van der Waals surface area contributed by atoms with E-state index in [1.807, 2.05) is 29.9 Å². The fourth-order valence-corrected chi connectivity index (χ4v) is 7.20. The van der Waals surface area contributed by atoms with Crippen LogP contribution in [0.5, 0.6) is 0 Å². The Bertz CT molecular complexity index is 1440. The molecule has 196 valence electrons. The van der Waals surface area contributed by atoms with Gasteiger partial charge in [-0.1, -0.05) is 24.6 Å². The largest absolute Gasteiger partial charge is 0.370 e. The number of pyridine rings is 1. The number of aromatic nitrogens is 3. The molecule has 38 heavy (non-hydrogen) atoms. The predicted molar refractivity (Wildman–Crippen MR) is 161 cm³/mol. The minimum atomic E-state index is -0.115. The number of hydrogen-bond donors (Lipinski definition) is 1. The van der Waals surface area contributed by atoms with E-state index >= 15 is 0 Å². The van der Waals surface area contributed by atoms with Gasteiger partial charge in [0.1, 0.15) is 0 Å². The summed E-state index contributed by atoms with van der Waals surface area (Å²) in [5.41, 5.74) is 6.49. The van der Waals surface area contributed by atoms with Crippen molar-refractivity contribution in [3.63, 3.8) is 0 Å². The van der Waals surface area contributed by atoms with E-state index in [0.29, 0.717) is 5.11 Å². The third-order valence-corrected chi connectivity index (χ3v) is 9.21. The van der Waals surface area contributed by atoms with E-state index in [9.17, 15) is 0 Å². The smallest absolute Gasteiger partial charge is 0.193 e. The van der Waals surface area contributed by atoms with E-state index in [2.05, 4.69) is 75.8 Å². The lowest BCUT2D eigenvalue weighted by Crippen LogP contribution is -2.33. The average molecular weight is 563 g/mol. The van der Waals surface area contributed by atoms with Gasteiger partial charge in [-0.25, -0.2) is 4.98 Å². The molecule has 0 spiro atoms. The molecule has 2 aliphatic heterocycles. The van der Waals surface area contributed by atoms with Crippen molar-refractivity contribution in [1.29, 1.82) is 0 Å². The summed E-state index contributed by atoms with van der Waals surface area (Å²) in [6, 6.07) is 14.4. The molecule has 9 heteroatoms. The Morgan fingerprint density at radius 1 is 1.05 bits per heavy atom. The fourth-order valence-electron chi connectivity index (χ4n) is 5.81. The average Bonchev–Trinajstić information content (AvgIpc) is 3.63. The number of aryl methyl sites for hydroxylation is 1. The minimum absolute atomic E-state index is 0.102. The molecule has 0 aliphatic carbocycles. The molecule has 2 saturated heterocycles. The van der Waals surface area contributed by atoms with Gasteiger partial charge < -0.3 is 15.1 Å². The highest BCUT2D eigenvalue weighted by molar-refractivity contribution is 7.80. The van der Waals surface area contributed by atoms with Gasteiger partial charge in [0.05, 0.1) is 28.5 Å². The van der Waals surface area contributed by atoms with E-state index in [4.69, 9.17) is 28.8 Å². The summed E-state index contributed by atoms with van der Waals surface area (Å²) in [4.78, 5) is 13.9. The molecule has 3 aromatic heterocycles. The molecule has 6 nitrogen and oxygen atoms in total. The first-order chi connectivity index (χ1) is 18.4. The van der Waals surface area contributed by atoms with Crippen molar-refractivity contribution in [2.75, 3.05) is 22.9 Å². The van der Waals surface area contributed by atoms with Gasteiger partial charge >= 0.3 is 0 Å². The fraction of sp³-hybridized carbons (Fsp3) is 0.345. The Balaban J connectivity index is 1.43. The summed E-state index contributed by atoms with van der Waals surface area (Å²) in [5.74, 6) is 0.769. The van der Waals surface area contributed by atoms with E-state index in [1.165, 1.54) is 18.4 Å². The third kappa shape index (κ3) is 4.48. The van der Waals surface area contributed by atoms with Crippen LogP contribution in [-0.2, 0) is 0 Å². The number of nitrogens with zero attached hydrogens (tertiary/aromatic N) is 5. The number of piperidine rings is 1. The van der Waals surface area contributed by atoms with Crippen LogP contribution >= 0.6 is 35.2 Å². The number of hydrogen-bond acceptors (Lipinski definition) is 5. The van der Waals surface area contributed by atoms with E-state index in [-0.39, 0.29) is 12.1 Å². The summed E-state index contributed by atoms with van der Waals surface area (Å²) in [7, 11) is 0. The van der Waals surface area contributed by atoms with Crippen molar-refractivity contribution in [3.8, 4) is 5.13 Å². The molecule has 4 aromatic rings. The molecular formula is C29H31ClN6S2. The number of halogens is 1. The van der Waals surface area contributed by atoms with Crippen LogP contribution in [0.15, 0.2) is 60.2 Å². The van der Waals surface area contributed by atoms with Gasteiger partial charge in [-0.3, -0.25) is 9.55 Å². The second-order valence-electron chi connectivity index (χ2n) is 10.3. The summed E-state index contributed by atoms with van der Waals surface area (Å²) < 4.78 is 2.22. The van der Waals surface area contributed by atoms with Gasteiger partial charge in [-0.2, -0.15) is 0 Å². The summed E-state index contributed by atoms with van der Waals surface area (Å²) in [5, 5.41) is 7.98. The van der Waals surface area contributed by atoms with E-state index < -0.39 is 0 Å². The van der Waals surface area contributed by atoms with Crippen LogP contribution in [0, 0.1) is 19.8 Å². The van der Waals surface area contributed by atoms with Gasteiger partial charge in [0.25, 0.3) is 0 Å². The monoisotopic (exact) mass is 562 g/mol. The lowest BCUT2D eigenvalue weighted by atomic mass is 9.96. The highest BCUT2D eigenvalue weighted by Crippen LogP contribution is 2.45. The zero-order valence-electron chi connectivity index (χ0n) is 21.8. The first kappa shape index (κ1) is 25.3. The van der Waals surface area contributed by atoms with Crippen molar-refractivity contribution < 1.29 is 0 Å². The SMILES string of the molecule is Cc1cc(C2C(c3ccccn3)NC(=S)N2c2ccc(N3CCC(C)CC3)c(Cl)c2)c(C)n1-c1nccs1. The second kappa shape index (κ2) is 10.3. The maximum atomic E-state index is 6.95. The molecule has 1 aromatic carbocycles. The van der Waals surface area contributed by atoms with Crippen LogP contribution in [-0.4, -0.2) is 32.7 Å². The van der Waals surface area contributed by atoms with Crippen LogP contribution in [0.1, 0.15) is 54.5 Å². The molecule has 2 aliphatic rings. The van der Waals surface area contributed by atoms with Crippen molar-refractivity contribution >= 4 is 51.6 Å². The molecule has 0 radical (unpaired) electrons. The second-order valence-corrected chi connectivity index (χ2v) is 11.9. The van der Waals surface area contributed by atoms with E-state index in [1.54, 1.807) is 11.3 Å². The summed E-state index contributed by atoms with van der Waals surface area (Å²) in [6.45, 7) is 8.69. The zero-order chi connectivity index (χ0) is 26.4. The van der Waals surface area contributed by atoms with Crippen LogP contribution in [0.25, 0.3) is 5.13 Å². The van der Waals surface area contributed by atoms with Crippen LogP contribution in [0.4, 0.5) is 11.4 Å². The number of nitrogens with one attached hydrogen (secondary N) is 1. The topological polar surface area (TPSA) is 49.2 Å². The molecule has 2 atom stereocenters. The number of benzene rings is 1. The Morgan fingerprint density at radius 3 is 2.55 bits per heavy atom. The number of anilines is 2. The molecule has 0 bridgehead atoms. The van der Waals surface area contributed by atoms with Crippen LogP contribution < -0.4 is 15.1 Å². The highest BCUT2D eigenvalue weighted by atomic mass is 35.5. The Hall–Kier alpha value is -2.94. The Kier molecular flexibility index (Phi) is 6.88. The molecule has 0 amide bonds. The standard InChI is InChI=1S/C29H31ClN6S2/c1-18-9-13-34(14-10-18)25-8-7-21(17-23(25)30)36-27(26(33-28(36)37)24-6-4-5-11-31-24)22-16-19(2)35(20(22)3)29-32-12-15-38-29/h4-8,11-12,15-18,26-27H,9-10,13-14H2,1-3H3,(H,33,37). The molecule has 2 unspecified atom stereocenters. The molecule has 2 fully saturated rings. The maximum absolute atomic E-state index is 6.95. The molecule has 5 heterocycles. The van der Waals surface area contributed by atoms with Crippen LogP contribution in [0.3, 0.4) is 0 Å². The van der Waals surface area contributed by atoms with Gasteiger partial charge in [0, 0.05) is 47.9 Å². The number of thiocarbonyl (C=S) groups is 1. The van der Waals surface area contributed by atoms with E-state index in [0.717, 1.165) is 57.6 Å². The third-order valence-electron chi connectivity index (χ3n) is 7.83. The Morgan fingerprint density at radius 2 is 1.87 bits per heavy atom. The van der Waals surface area contributed by atoms with Crippen molar-refractivity contribution in [2.24, 2.45) is 5.92 Å². The summed E-state index contributed by atoms with van der Waals surface area (Å²) >= 11 is 14.5. The Labute approximate surface area is 238 Å². The van der Waals surface area contributed by atoms with Gasteiger partial charge in [-0.05, 0) is 86.8 Å². The maximum Gasteiger partial charge on any atom is 0.193 e. The first-order valence-corrected chi connectivity index (χ1v) is 14.7. The lowest BCUT2D eigenvalue weighted by molar-refractivity contribution is 0.438. The lowest BCUT2D eigenvalue weighted by Gasteiger charge is -2.33. The van der Waals surface area contributed by atoms with Gasteiger partial charge in [-0.15, -0.1) is 11.3 Å². The highest BCUT2D eigenvalue weighted by Gasteiger charge is 2.42. The zero-order valence-corrected chi connectivity index (χ0v) is 24.2. The van der Waals surface area contributed by atoms with Gasteiger partial charge in [0.2, 0.25) is 0 Å². The molecular weight excluding hydrogens is 532 g/mol. The molecule has 6 rings (SSSR count). The first-order valence-electron chi connectivity index (χ1n) is 13.1. The quantitative estimate of drug-likeness (QED) is 0.264. The number of thiazole rings is 1. The normalized spacial score (nSPS) is 20.3. The van der Waals surface area contributed by atoms with Crippen LogP contribution in [0.2, 0.25) is 5.02 Å². The van der Waals surface area contributed by atoms with Gasteiger partial charge in [0.15, 0.2) is 10.2 Å². The predicted octanol–water partition coefficient (Wildman–Crippen LogP) is 7.01. The minimum Gasteiger partial charge on any atom is -0.370 e. The summed E-state index contributed by atoms with van der Waals surface area (Å²) in [6.07, 6.45) is 6.08. The van der Waals surface area contributed by atoms with Crippen molar-refractivity contribution in [2.45, 2.75) is 45.7 Å². The van der Waals surface area contributed by atoms with Crippen molar-refractivity contribution in [3.05, 3.63) is 87.9 Å². The molecule has 1 N–H and O–H groups in total. The van der Waals surface area contributed by atoms with Crippen molar-refractivity contribution in [1.82, 2.24) is 19.9 Å². The molecule has 0 saturated carbocycles. The number of rotatable bonds is 5.